The van der Waals surface area contributed by atoms with Crippen molar-refractivity contribution < 1.29 is 0 Å². The van der Waals surface area contributed by atoms with E-state index >= 15 is 0 Å². The summed E-state index contributed by atoms with van der Waals surface area (Å²) in [5.41, 5.74) is 11.5. The van der Waals surface area contributed by atoms with E-state index in [2.05, 4.69) is 58.9 Å². The number of thioether (sulfide) groups is 1. The summed E-state index contributed by atoms with van der Waals surface area (Å²) in [6.07, 6.45) is 16.6. The fourth-order valence-corrected chi connectivity index (χ4v) is 3.09. The van der Waals surface area contributed by atoms with Gasteiger partial charge in [0.05, 0.1) is 0 Å². The second-order valence-corrected chi connectivity index (χ2v) is 8.06. The number of allylic oxidation sites excluding steroid dienone is 7. The van der Waals surface area contributed by atoms with Crippen LogP contribution in [0.3, 0.4) is 0 Å². The van der Waals surface area contributed by atoms with Crippen LogP contribution in [0.1, 0.15) is 73.1 Å². The normalized spacial score (nSPS) is 13.3. The molecule has 24 heavy (non-hydrogen) atoms. The SMILES string of the molecule is CC(C)=CCCC(C)=CCCC(C)=CCCC(C)=CCSCCN. The molecule has 0 aliphatic heterocycles. The van der Waals surface area contributed by atoms with Crippen LogP contribution in [-0.2, 0) is 0 Å². The molecule has 0 spiro atoms. The molecule has 138 valence electrons. The van der Waals surface area contributed by atoms with Crippen molar-refractivity contribution in [3.8, 4) is 0 Å². The second kappa shape index (κ2) is 15.8. The van der Waals surface area contributed by atoms with Gasteiger partial charge < -0.3 is 5.73 Å². The van der Waals surface area contributed by atoms with E-state index in [0.29, 0.717) is 0 Å². The third-order valence-electron chi connectivity index (χ3n) is 3.97. The van der Waals surface area contributed by atoms with Crippen molar-refractivity contribution in [2.45, 2.75) is 73.1 Å². The van der Waals surface area contributed by atoms with Crippen LogP contribution >= 0.6 is 11.8 Å². The smallest absolute Gasteiger partial charge is 0.0116 e. The minimum Gasteiger partial charge on any atom is -0.330 e. The molecule has 0 aliphatic rings. The third kappa shape index (κ3) is 16.1. The molecule has 1 nitrogen and oxygen atoms in total. The summed E-state index contributed by atoms with van der Waals surface area (Å²) in [5.74, 6) is 2.16. The molecule has 0 aromatic heterocycles. The Morgan fingerprint density at radius 3 is 1.62 bits per heavy atom. The van der Waals surface area contributed by atoms with E-state index in [1.165, 1.54) is 60.8 Å². The molecule has 0 amide bonds. The number of rotatable bonds is 13. The van der Waals surface area contributed by atoms with E-state index in [4.69, 9.17) is 5.73 Å². The third-order valence-corrected chi connectivity index (χ3v) is 4.89. The van der Waals surface area contributed by atoms with Gasteiger partial charge in [-0.2, -0.15) is 11.8 Å². The molecule has 0 unspecified atom stereocenters. The standard InChI is InChI=1S/C22H39NS/c1-19(2)9-6-10-20(3)11-7-12-21(4)13-8-14-22(5)15-17-24-18-16-23/h9,11,13,15H,6-8,10,12,14,16-18,23H2,1-5H3. The van der Waals surface area contributed by atoms with Gasteiger partial charge in [0.25, 0.3) is 0 Å². The van der Waals surface area contributed by atoms with Gasteiger partial charge in [0.1, 0.15) is 0 Å². The van der Waals surface area contributed by atoms with Crippen LogP contribution in [0.15, 0.2) is 46.6 Å². The Bertz CT molecular complexity index is 437. The Morgan fingerprint density at radius 1 is 0.708 bits per heavy atom. The first-order valence-electron chi connectivity index (χ1n) is 9.33. The maximum atomic E-state index is 5.50. The van der Waals surface area contributed by atoms with Gasteiger partial charge in [0.15, 0.2) is 0 Å². The summed E-state index contributed by atoms with van der Waals surface area (Å²) in [4.78, 5) is 0. The summed E-state index contributed by atoms with van der Waals surface area (Å²) >= 11 is 1.92. The Balaban J connectivity index is 3.92. The van der Waals surface area contributed by atoms with Crippen LogP contribution < -0.4 is 5.73 Å². The monoisotopic (exact) mass is 349 g/mol. The van der Waals surface area contributed by atoms with E-state index in [9.17, 15) is 0 Å². The van der Waals surface area contributed by atoms with Crippen LogP contribution in [0, 0.1) is 0 Å². The number of nitrogens with two attached hydrogens (primary N) is 1. The Morgan fingerprint density at radius 2 is 1.17 bits per heavy atom. The molecule has 0 fully saturated rings. The zero-order valence-electron chi connectivity index (χ0n) is 16.7. The van der Waals surface area contributed by atoms with Gasteiger partial charge in [-0.25, -0.2) is 0 Å². The van der Waals surface area contributed by atoms with Gasteiger partial charge in [-0.1, -0.05) is 46.6 Å². The molecule has 0 aliphatic carbocycles. The molecule has 0 rings (SSSR count). The predicted octanol–water partition coefficient (Wildman–Crippen LogP) is 6.82. The van der Waals surface area contributed by atoms with E-state index < -0.39 is 0 Å². The van der Waals surface area contributed by atoms with Crippen molar-refractivity contribution in [2.24, 2.45) is 5.73 Å². The van der Waals surface area contributed by atoms with Crippen LogP contribution in [-0.4, -0.2) is 18.1 Å². The Hall–Kier alpha value is -0.730. The van der Waals surface area contributed by atoms with Crippen molar-refractivity contribution in [3.63, 3.8) is 0 Å². The topological polar surface area (TPSA) is 26.0 Å². The molecule has 2 heteroatoms. The van der Waals surface area contributed by atoms with Crippen molar-refractivity contribution in [2.75, 3.05) is 18.1 Å². The number of hydrogen-bond acceptors (Lipinski definition) is 2. The molecule has 0 heterocycles. The lowest BCUT2D eigenvalue weighted by atomic mass is 10.0. The molecule has 0 saturated heterocycles. The van der Waals surface area contributed by atoms with Gasteiger partial charge >= 0.3 is 0 Å². The molecule has 0 saturated carbocycles. The molecular weight excluding hydrogens is 310 g/mol. The molecule has 0 atom stereocenters. The van der Waals surface area contributed by atoms with Gasteiger partial charge in [-0.05, 0) is 73.1 Å². The summed E-state index contributed by atoms with van der Waals surface area (Å²) < 4.78 is 0. The predicted molar refractivity (Wildman–Crippen MR) is 115 cm³/mol. The maximum absolute atomic E-state index is 5.50. The zero-order valence-corrected chi connectivity index (χ0v) is 17.5. The highest BCUT2D eigenvalue weighted by molar-refractivity contribution is 7.99. The highest BCUT2D eigenvalue weighted by Crippen LogP contribution is 2.14. The first-order chi connectivity index (χ1) is 11.5. The Kier molecular flexibility index (Phi) is 15.3. The van der Waals surface area contributed by atoms with Gasteiger partial charge in [0.2, 0.25) is 0 Å². The first-order valence-corrected chi connectivity index (χ1v) is 10.5. The minimum absolute atomic E-state index is 0.780. The molecule has 0 aromatic carbocycles. The Labute approximate surface area is 155 Å². The molecule has 0 bridgehead atoms. The molecule has 0 aromatic rings. The zero-order chi connectivity index (χ0) is 18.2. The average Bonchev–Trinajstić information content (AvgIpc) is 2.51. The minimum atomic E-state index is 0.780. The molecule has 0 radical (unpaired) electrons. The van der Waals surface area contributed by atoms with Crippen molar-refractivity contribution in [1.29, 1.82) is 0 Å². The highest BCUT2D eigenvalue weighted by atomic mass is 32.2. The van der Waals surface area contributed by atoms with Gasteiger partial charge in [-0.15, -0.1) is 0 Å². The fourth-order valence-electron chi connectivity index (χ4n) is 2.36. The van der Waals surface area contributed by atoms with Gasteiger partial charge in [-0.3, -0.25) is 0 Å². The van der Waals surface area contributed by atoms with Crippen molar-refractivity contribution in [3.05, 3.63) is 46.6 Å². The van der Waals surface area contributed by atoms with E-state index in [-0.39, 0.29) is 0 Å². The fraction of sp³-hybridized carbons (Fsp3) is 0.636. The van der Waals surface area contributed by atoms with Crippen LogP contribution in [0.25, 0.3) is 0 Å². The lowest BCUT2D eigenvalue weighted by Gasteiger charge is -2.03. The molecular formula is C22H39NS. The van der Waals surface area contributed by atoms with Crippen molar-refractivity contribution in [1.82, 2.24) is 0 Å². The largest absolute Gasteiger partial charge is 0.330 e. The van der Waals surface area contributed by atoms with E-state index in [1.54, 1.807) is 0 Å². The van der Waals surface area contributed by atoms with Gasteiger partial charge in [0, 0.05) is 18.1 Å². The average molecular weight is 350 g/mol. The number of hydrogen-bond donors (Lipinski definition) is 1. The summed E-state index contributed by atoms with van der Waals surface area (Å²) in [6, 6.07) is 0. The summed E-state index contributed by atoms with van der Waals surface area (Å²) in [6.45, 7) is 11.9. The second-order valence-electron chi connectivity index (χ2n) is 6.91. The quantitative estimate of drug-likeness (QED) is 0.291. The van der Waals surface area contributed by atoms with Crippen molar-refractivity contribution >= 4 is 11.8 Å². The van der Waals surface area contributed by atoms with Crippen LogP contribution in [0.2, 0.25) is 0 Å². The van der Waals surface area contributed by atoms with E-state index in [1.807, 2.05) is 11.8 Å². The lowest BCUT2D eigenvalue weighted by molar-refractivity contribution is 0.899. The van der Waals surface area contributed by atoms with Crippen LogP contribution in [0.4, 0.5) is 0 Å². The lowest BCUT2D eigenvalue weighted by Crippen LogP contribution is -2.01. The van der Waals surface area contributed by atoms with E-state index in [0.717, 1.165) is 18.1 Å². The highest BCUT2D eigenvalue weighted by Gasteiger charge is 1.94. The maximum Gasteiger partial charge on any atom is 0.0116 e. The summed E-state index contributed by atoms with van der Waals surface area (Å²) in [5, 5.41) is 0. The summed E-state index contributed by atoms with van der Waals surface area (Å²) in [7, 11) is 0. The van der Waals surface area contributed by atoms with Crippen LogP contribution in [0.5, 0.6) is 0 Å². The molecule has 2 N–H and O–H groups in total. The first kappa shape index (κ1) is 23.3.